The van der Waals surface area contributed by atoms with Gasteiger partial charge in [-0.2, -0.15) is 5.10 Å². The molecule has 2 atom stereocenters. The molecule has 1 aliphatic heterocycles. The number of amides is 2. The van der Waals surface area contributed by atoms with Crippen LogP contribution in [-0.2, 0) is 9.53 Å². The summed E-state index contributed by atoms with van der Waals surface area (Å²) >= 11 is 0. The monoisotopic (exact) mass is 358 g/mol. The van der Waals surface area contributed by atoms with E-state index in [0.717, 1.165) is 0 Å². The van der Waals surface area contributed by atoms with Crippen LogP contribution in [0, 0.1) is 0 Å². The Morgan fingerprint density at radius 1 is 1.31 bits per heavy atom. The fourth-order valence-corrected chi connectivity index (χ4v) is 2.97. The average molecular weight is 358 g/mol. The van der Waals surface area contributed by atoms with Crippen molar-refractivity contribution in [3.8, 4) is 5.75 Å². The molecule has 0 spiro atoms. The molecule has 8 nitrogen and oxygen atoms in total. The molecule has 0 radical (unpaired) electrons. The summed E-state index contributed by atoms with van der Waals surface area (Å²) in [7, 11) is 1.57. The van der Waals surface area contributed by atoms with Gasteiger partial charge in [0.05, 0.1) is 13.2 Å². The number of benzene rings is 1. The van der Waals surface area contributed by atoms with Crippen LogP contribution in [0.4, 0.5) is 0 Å². The third-order valence-electron chi connectivity index (χ3n) is 4.21. The molecule has 2 amide bonds. The number of nitrogens with one attached hydrogen (secondary N) is 2. The first-order valence-corrected chi connectivity index (χ1v) is 8.47. The number of carbonyl (C=O) groups excluding carboxylic acids is 2. The Morgan fingerprint density at radius 2 is 2.12 bits per heavy atom. The van der Waals surface area contributed by atoms with Crippen LogP contribution < -0.4 is 10.1 Å². The highest BCUT2D eigenvalue weighted by Gasteiger charge is 2.41. The number of aromatic amines is 1. The van der Waals surface area contributed by atoms with Crippen LogP contribution in [0.15, 0.2) is 42.6 Å². The van der Waals surface area contributed by atoms with Crippen LogP contribution in [0.25, 0.3) is 0 Å². The minimum atomic E-state index is -0.601. The largest absolute Gasteiger partial charge is 0.488 e. The summed E-state index contributed by atoms with van der Waals surface area (Å²) < 4.78 is 10.9. The van der Waals surface area contributed by atoms with Crippen molar-refractivity contribution in [1.29, 1.82) is 0 Å². The van der Waals surface area contributed by atoms with E-state index in [1.54, 1.807) is 13.2 Å². The van der Waals surface area contributed by atoms with Gasteiger partial charge in [0, 0.05) is 26.3 Å². The van der Waals surface area contributed by atoms with Gasteiger partial charge in [0.2, 0.25) is 5.91 Å². The second-order valence-electron chi connectivity index (χ2n) is 6.02. The Hall–Kier alpha value is -2.87. The molecule has 1 saturated heterocycles. The van der Waals surface area contributed by atoms with Crippen molar-refractivity contribution in [2.24, 2.45) is 0 Å². The molecule has 0 saturated carbocycles. The number of methoxy groups -OCH3 is 1. The number of para-hydroxylation sites is 1. The van der Waals surface area contributed by atoms with Crippen LogP contribution >= 0.6 is 0 Å². The lowest BCUT2D eigenvalue weighted by Crippen LogP contribution is -2.46. The van der Waals surface area contributed by atoms with Crippen molar-refractivity contribution < 1.29 is 19.1 Å². The predicted molar refractivity (Wildman–Crippen MR) is 93.8 cm³/mol. The van der Waals surface area contributed by atoms with Crippen LogP contribution in [0.3, 0.4) is 0 Å². The summed E-state index contributed by atoms with van der Waals surface area (Å²) in [6.07, 6.45) is 1.67. The molecule has 0 unspecified atom stereocenters. The fraction of sp³-hybridized carbons (Fsp3) is 0.389. The van der Waals surface area contributed by atoms with E-state index in [-0.39, 0.29) is 17.9 Å². The molecular formula is C18H22N4O4. The maximum atomic E-state index is 12.7. The fourth-order valence-electron chi connectivity index (χ4n) is 2.97. The number of rotatable bonds is 7. The number of H-pyrrole nitrogens is 1. The zero-order valence-corrected chi connectivity index (χ0v) is 14.6. The molecule has 1 aliphatic rings. The molecule has 138 valence electrons. The first-order chi connectivity index (χ1) is 12.7. The maximum Gasteiger partial charge on any atom is 0.272 e. The van der Waals surface area contributed by atoms with Gasteiger partial charge in [0.1, 0.15) is 23.6 Å². The second kappa shape index (κ2) is 8.48. The Balaban J connectivity index is 1.72. The van der Waals surface area contributed by atoms with Gasteiger partial charge in [-0.3, -0.25) is 14.7 Å². The maximum absolute atomic E-state index is 12.7. The SMILES string of the molecule is COCCNC(=O)[C@@H]1C[C@H](Oc2ccccc2)CN1C(=O)c1ccn[nH]1. The summed E-state index contributed by atoms with van der Waals surface area (Å²) in [5, 5.41) is 9.27. The van der Waals surface area contributed by atoms with Crippen molar-refractivity contribution >= 4 is 11.8 Å². The Labute approximate surface area is 151 Å². The van der Waals surface area contributed by atoms with Crippen molar-refractivity contribution in [3.05, 3.63) is 48.3 Å². The standard InChI is InChI=1S/C18H22N4O4/c1-25-10-9-19-17(23)16-11-14(26-13-5-3-2-4-6-13)12-22(16)18(24)15-7-8-20-21-15/h2-8,14,16H,9-12H2,1H3,(H,19,23)(H,20,21)/t14-,16-/m0/s1. The van der Waals surface area contributed by atoms with Crippen molar-refractivity contribution in [1.82, 2.24) is 20.4 Å². The van der Waals surface area contributed by atoms with Gasteiger partial charge in [0.25, 0.3) is 5.91 Å². The van der Waals surface area contributed by atoms with Gasteiger partial charge in [-0.25, -0.2) is 0 Å². The first kappa shape index (κ1) is 17.9. The summed E-state index contributed by atoms with van der Waals surface area (Å²) in [5.41, 5.74) is 0.347. The van der Waals surface area contributed by atoms with Crippen LogP contribution in [0.5, 0.6) is 5.75 Å². The number of ether oxygens (including phenoxy) is 2. The number of hydrogen-bond acceptors (Lipinski definition) is 5. The van der Waals surface area contributed by atoms with E-state index in [4.69, 9.17) is 9.47 Å². The predicted octanol–water partition coefficient (Wildman–Crippen LogP) is 0.834. The molecule has 8 heteroatoms. The van der Waals surface area contributed by atoms with E-state index in [9.17, 15) is 9.59 Å². The number of likely N-dealkylation sites (tertiary alicyclic amines) is 1. The number of hydrogen-bond donors (Lipinski definition) is 2. The van der Waals surface area contributed by atoms with E-state index in [1.807, 2.05) is 30.3 Å². The molecule has 2 N–H and O–H groups in total. The Morgan fingerprint density at radius 3 is 2.81 bits per heavy atom. The van der Waals surface area contributed by atoms with Crippen LogP contribution in [-0.4, -0.2) is 65.9 Å². The quantitative estimate of drug-likeness (QED) is 0.715. The molecule has 26 heavy (non-hydrogen) atoms. The third kappa shape index (κ3) is 4.20. The Kier molecular flexibility index (Phi) is 5.85. The molecule has 0 bridgehead atoms. The van der Waals surface area contributed by atoms with E-state index < -0.39 is 6.04 Å². The van der Waals surface area contributed by atoms with Crippen molar-refractivity contribution in [3.63, 3.8) is 0 Å². The highest BCUT2D eigenvalue weighted by Crippen LogP contribution is 2.24. The minimum absolute atomic E-state index is 0.214. The summed E-state index contributed by atoms with van der Waals surface area (Å²) in [4.78, 5) is 26.8. The molecule has 1 fully saturated rings. The lowest BCUT2D eigenvalue weighted by atomic mass is 10.1. The zero-order chi connectivity index (χ0) is 18.4. The number of nitrogens with zero attached hydrogens (tertiary/aromatic N) is 2. The van der Waals surface area contributed by atoms with E-state index >= 15 is 0 Å². The number of carbonyl (C=O) groups is 2. The lowest BCUT2D eigenvalue weighted by molar-refractivity contribution is -0.125. The van der Waals surface area contributed by atoms with E-state index in [0.29, 0.717) is 37.6 Å². The summed E-state index contributed by atoms with van der Waals surface area (Å²) in [5.74, 6) is 0.231. The number of aromatic nitrogens is 2. The molecule has 2 aromatic rings. The smallest absolute Gasteiger partial charge is 0.272 e. The molecule has 1 aromatic heterocycles. The van der Waals surface area contributed by atoms with Gasteiger partial charge < -0.3 is 19.7 Å². The minimum Gasteiger partial charge on any atom is -0.488 e. The highest BCUT2D eigenvalue weighted by molar-refractivity contribution is 5.96. The highest BCUT2D eigenvalue weighted by atomic mass is 16.5. The average Bonchev–Trinajstić information content (AvgIpc) is 3.32. The lowest BCUT2D eigenvalue weighted by Gasteiger charge is -2.22. The molecule has 1 aromatic carbocycles. The van der Waals surface area contributed by atoms with Crippen molar-refractivity contribution in [2.45, 2.75) is 18.6 Å². The topological polar surface area (TPSA) is 96.6 Å². The normalized spacial score (nSPS) is 19.3. The summed E-state index contributed by atoms with van der Waals surface area (Å²) in [6.45, 7) is 1.13. The van der Waals surface area contributed by atoms with Crippen molar-refractivity contribution in [2.75, 3.05) is 26.8 Å². The summed E-state index contributed by atoms with van der Waals surface area (Å²) in [6, 6.07) is 10.4. The van der Waals surface area contributed by atoms with Gasteiger partial charge in [-0.15, -0.1) is 0 Å². The first-order valence-electron chi connectivity index (χ1n) is 8.47. The Bertz CT molecular complexity index is 720. The second-order valence-corrected chi connectivity index (χ2v) is 6.02. The van der Waals surface area contributed by atoms with Gasteiger partial charge in [-0.05, 0) is 18.2 Å². The molecule has 3 rings (SSSR count). The van der Waals surface area contributed by atoms with E-state index in [2.05, 4.69) is 15.5 Å². The van der Waals surface area contributed by atoms with Gasteiger partial charge in [-0.1, -0.05) is 18.2 Å². The third-order valence-corrected chi connectivity index (χ3v) is 4.21. The van der Waals surface area contributed by atoms with Gasteiger partial charge >= 0.3 is 0 Å². The van der Waals surface area contributed by atoms with Gasteiger partial charge in [0.15, 0.2) is 0 Å². The zero-order valence-electron chi connectivity index (χ0n) is 14.6. The van der Waals surface area contributed by atoms with Crippen LogP contribution in [0.2, 0.25) is 0 Å². The molecular weight excluding hydrogens is 336 g/mol. The van der Waals surface area contributed by atoms with E-state index in [1.165, 1.54) is 11.1 Å². The van der Waals surface area contributed by atoms with Crippen LogP contribution in [0.1, 0.15) is 16.9 Å². The molecule has 2 heterocycles. The molecule has 0 aliphatic carbocycles.